The average molecular weight is 500 g/mol. The number of nitrogens with zero attached hydrogens (tertiary/aromatic N) is 1. The van der Waals surface area contributed by atoms with Crippen LogP contribution in [-0.4, -0.2) is 41.9 Å². The number of amides is 3. The predicted octanol–water partition coefficient (Wildman–Crippen LogP) is 3.82. The number of nitrogens with one attached hydrogen (secondary N) is 2. The van der Waals surface area contributed by atoms with Crippen molar-refractivity contribution >= 4 is 63.4 Å². The molecule has 0 bridgehead atoms. The van der Waals surface area contributed by atoms with Gasteiger partial charge in [0.1, 0.15) is 0 Å². The molecule has 2 N–H and O–H groups in total. The van der Waals surface area contributed by atoms with Crippen LogP contribution >= 0.6 is 23.2 Å². The number of anilines is 1. The van der Waals surface area contributed by atoms with Gasteiger partial charge in [0.05, 0.1) is 23.0 Å². The molecule has 1 aliphatic rings. The summed E-state index contributed by atoms with van der Waals surface area (Å²) >= 11 is 11.9. The lowest BCUT2D eigenvalue weighted by Crippen LogP contribution is -2.43. The molecular weight excluding hydrogens is 481 g/mol. The standard InChI is InChI=1S/C24H19Cl2N3O5/c25-16-8-9-18(19(26)11-16)23(32)28-29-12-15(10-22(29)31)24(33)34-13-21(30)27-20-7-3-5-14-4-1-2-6-17(14)20/h1-9,11,15H,10,12-13H2,(H,27,30)(H,28,32)/t15-/m1/s1. The topological polar surface area (TPSA) is 105 Å². The minimum Gasteiger partial charge on any atom is -0.455 e. The number of hydrogen-bond donors (Lipinski definition) is 2. The Bertz CT molecular complexity index is 1290. The lowest BCUT2D eigenvalue weighted by molar-refractivity contribution is -0.151. The molecule has 10 heteroatoms. The first-order valence-electron chi connectivity index (χ1n) is 10.3. The smallest absolute Gasteiger partial charge is 0.311 e. The highest BCUT2D eigenvalue weighted by Gasteiger charge is 2.37. The van der Waals surface area contributed by atoms with Crippen molar-refractivity contribution in [2.75, 3.05) is 18.5 Å². The van der Waals surface area contributed by atoms with E-state index < -0.39 is 36.2 Å². The lowest BCUT2D eigenvalue weighted by Gasteiger charge is -2.18. The van der Waals surface area contributed by atoms with E-state index in [-0.39, 0.29) is 23.6 Å². The summed E-state index contributed by atoms with van der Waals surface area (Å²) in [6.07, 6.45) is -0.154. The molecule has 0 spiro atoms. The van der Waals surface area contributed by atoms with Crippen LogP contribution in [0.4, 0.5) is 5.69 Å². The van der Waals surface area contributed by atoms with Gasteiger partial charge in [-0.3, -0.25) is 29.6 Å². The SMILES string of the molecule is O=C(COC(=O)[C@@H]1CC(=O)N(NC(=O)c2ccc(Cl)cc2Cl)C1)Nc1cccc2ccccc12. The highest BCUT2D eigenvalue weighted by atomic mass is 35.5. The number of carbonyl (C=O) groups is 4. The molecule has 1 fully saturated rings. The molecule has 1 atom stereocenters. The minimum absolute atomic E-state index is 0.0838. The van der Waals surface area contributed by atoms with Crippen LogP contribution in [0.2, 0.25) is 10.0 Å². The number of ether oxygens (including phenoxy) is 1. The van der Waals surface area contributed by atoms with E-state index in [0.29, 0.717) is 10.7 Å². The van der Waals surface area contributed by atoms with E-state index in [0.717, 1.165) is 15.8 Å². The Morgan fingerprint density at radius 3 is 2.59 bits per heavy atom. The summed E-state index contributed by atoms with van der Waals surface area (Å²) in [5.41, 5.74) is 3.17. The van der Waals surface area contributed by atoms with Crippen LogP contribution in [-0.2, 0) is 19.1 Å². The molecule has 1 heterocycles. The lowest BCUT2D eigenvalue weighted by atomic mass is 10.1. The largest absolute Gasteiger partial charge is 0.455 e. The van der Waals surface area contributed by atoms with Gasteiger partial charge in [0.25, 0.3) is 11.8 Å². The Balaban J connectivity index is 1.30. The number of esters is 1. The number of benzene rings is 3. The minimum atomic E-state index is -0.821. The molecular formula is C24H19Cl2N3O5. The highest BCUT2D eigenvalue weighted by molar-refractivity contribution is 6.36. The first kappa shape index (κ1) is 23.5. The van der Waals surface area contributed by atoms with E-state index in [1.165, 1.54) is 18.2 Å². The number of carbonyl (C=O) groups excluding carboxylic acids is 4. The van der Waals surface area contributed by atoms with Gasteiger partial charge in [-0.2, -0.15) is 0 Å². The number of halogens is 2. The molecule has 0 aromatic heterocycles. The highest BCUT2D eigenvalue weighted by Crippen LogP contribution is 2.24. The van der Waals surface area contributed by atoms with E-state index in [4.69, 9.17) is 27.9 Å². The molecule has 34 heavy (non-hydrogen) atoms. The molecule has 3 amide bonds. The van der Waals surface area contributed by atoms with Gasteiger partial charge in [0.2, 0.25) is 5.91 Å². The zero-order valence-electron chi connectivity index (χ0n) is 17.7. The molecule has 0 radical (unpaired) electrons. The second-order valence-corrected chi connectivity index (χ2v) is 8.50. The molecule has 4 rings (SSSR count). The van der Waals surface area contributed by atoms with Gasteiger partial charge in [-0.25, -0.2) is 0 Å². The molecule has 0 unspecified atom stereocenters. The van der Waals surface area contributed by atoms with Crippen molar-refractivity contribution in [2.45, 2.75) is 6.42 Å². The van der Waals surface area contributed by atoms with E-state index in [2.05, 4.69) is 10.7 Å². The number of rotatable bonds is 6. The maximum atomic E-state index is 12.4. The molecule has 0 aliphatic carbocycles. The van der Waals surface area contributed by atoms with Crippen molar-refractivity contribution in [2.24, 2.45) is 5.92 Å². The Morgan fingerprint density at radius 1 is 1.03 bits per heavy atom. The van der Waals surface area contributed by atoms with Crippen LogP contribution in [0.1, 0.15) is 16.8 Å². The summed E-state index contributed by atoms with van der Waals surface area (Å²) < 4.78 is 5.11. The summed E-state index contributed by atoms with van der Waals surface area (Å²) in [5.74, 6) is -3.10. The average Bonchev–Trinajstić information content (AvgIpc) is 3.17. The second kappa shape index (κ2) is 10.1. The van der Waals surface area contributed by atoms with Gasteiger partial charge in [-0.05, 0) is 29.7 Å². The normalized spacial score (nSPS) is 15.3. The van der Waals surface area contributed by atoms with Crippen molar-refractivity contribution in [3.8, 4) is 0 Å². The van der Waals surface area contributed by atoms with Crippen molar-refractivity contribution < 1.29 is 23.9 Å². The van der Waals surface area contributed by atoms with Gasteiger partial charge in [0, 0.05) is 22.5 Å². The van der Waals surface area contributed by atoms with Crippen molar-refractivity contribution in [3.63, 3.8) is 0 Å². The molecule has 0 saturated carbocycles. The summed E-state index contributed by atoms with van der Waals surface area (Å²) in [6, 6.07) is 17.4. The predicted molar refractivity (Wildman–Crippen MR) is 127 cm³/mol. The number of hydrazine groups is 1. The van der Waals surface area contributed by atoms with Gasteiger partial charge < -0.3 is 10.1 Å². The fraction of sp³-hybridized carbons (Fsp3) is 0.167. The van der Waals surface area contributed by atoms with E-state index in [1.54, 1.807) is 6.07 Å². The number of fused-ring (bicyclic) bond motifs is 1. The summed E-state index contributed by atoms with van der Waals surface area (Å²) in [6.45, 7) is -0.584. The molecule has 174 valence electrons. The van der Waals surface area contributed by atoms with Crippen LogP contribution < -0.4 is 10.7 Å². The van der Waals surface area contributed by atoms with Gasteiger partial charge in [0.15, 0.2) is 6.61 Å². The van der Waals surface area contributed by atoms with Gasteiger partial charge in [-0.15, -0.1) is 0 Å². The van der Waals surface area contributed by atoms with Crippen LogP contribution in [0.15, 0.2) is 60.7 Å². The fourth-order valence-corrected chi connectivity index (χ4v) is 4.10. The second-order valence-electron chi connectivity index (χ2n) is 7.65. The first-order valence-corrected chi connectivity index (χ1v) is 11.1. The maximum absolute atomic E-state index is 12.4. The Labute approximate surface area is 204 Å². The van der Waals surface area contributed by atoms with E-state index in [1.807, 2.05) is 36.4 Å². The first-order chi connectivity index (χ1) is 16.3. The van der Waals surface area contributed by atoms with Gasteiger partial charge >= 0.3 is 5.97 Å². The third-order valence-corrected chi connectivity index (χ3v) is 5.83. The third-order valence-electron chi connectivity index (χ3n) is 5.28. The van der Waals surface area contributed by atoms with Crippen molar-refractivity contribution in [1.82, 2.24) is 10.4 Å². The maximum Gasteiger partial charge on any atom is 0.311 e. The molecule has 8 nitrogen and oxygen atoms in total. The zero-order chi connectivity index (χ0) is 24.2. The zero-order valence-corrected chi connectivity index (χ0v) is 19.2. The molecule has 3 aromatic carbocycles. The van der Waals surface area contributed by atoms with Crippen molar-refractivity contribution in [3.05, 3.63) is 76.3 Å². The fourth-order valence-electron chi connectivity index (χ4n) is 3.61. The molecule has 1 saturated heterocycles. The quantitative estimate of drug-likeness (QED) is 0.501. The molecule has 3 aromatic rings. The van der Waals surface area contributed by atoms with Crippen LogP contribution in [0.3, 0.4) is 0 Å². The monoisotopic (exact) mass is 499 g/mol. The summed E-state index contributed by atoms with van der Waals surface area (Å²) in [4.78, 5) is 49.4. The Hall–Kier alpha value is -3.62. The van der Waals surface area contributed by atoms with E-state index in [9.17, 15) is 19.2 Å². The molecule has 1 aliphatic heterocycles. The van der Waals surface area contributed by atoms with Crippen LogP contribution in [0.25, 0.3) is 10.8 Å². The Kier molecular flexibility index (Phi) is 7.00. The summed E-state index contributed by atoms with van der Waals surface area (Å²) in [5, 5.41) is 6.08. The summed E-state index contributed by atoms with van der Waals surface area (Å²) in [7, 11) is 0. The van der Waals surface area contributed by atoms with E-state index >= 15 is 0 Å². The van der Waals surface area contributed by atoms with Crippen molar-refractivity contribution in [1.29, 1.82) is 0 Å². The van der Waals surface area contributed by atoms with Gasteiger partial charge in [-0.1, -0.05) is 59.6 Å². The van der Waals surface area contributed by atoms with Crippen LogP contribution in [0, 0.1) is 5.92 Å². The van der Waals surface area contributed by atoms with Crippen LogP contribution in [0.5, 0.6) is 0 Å². The Morgan fingerprint density at radius 2 is 1.79 bits per heavy atom. The number of hydrogen-bond acceptors (Lipinski definition) is 5. The third kappa shape index (κ3) is 5.30.